The van der Waals surface area contributed by atoms with Gasteiger partial charge in [0.2, 0.25) is 0 Å². The van der Waals surface area contributed by atoms with Gasteiger partial charge in [0.15, 0.2) is 11.6 Å². The molecule has 1 aromatic heterocycles. The third-order valence-electron chi connectivity index (χ3n) is 3.09. The number of benzene rings is 1. The Kier molecular flexibility index (Phi) is 4.65. The lowest BCUT2D eigenvalue weighted by Crippen LogP contribution is -2.09. The zero-order valence-electron chi connectivity index (χ0n) is 13.2. The maximum absolute atomic E-state index is 12.0. The second kappa shape index (κ2) is 6.47. The van der Waals surface area contributed by atoms with Gasteiger partial charge in [-0.05, 0) is 24.3 Å². The van der Waals surface area contributed by atoms with Gasteiger partial charge in [0.1, 0.15) is 11.5 Å². The molecule has 0 aliphatic rings. The van der Waals surface area contributed by atoms with Crippen LogP contribution < -0.4 is 10.1 Å². The van der Waals surface area contributed by atoms with E-state index in [1.165, 1.54) is 6.08 Å². The molecule has 0 saturated heterocycles. The van der Waals surface area contributed by atoms with E-state index in [9.17, 15) is 4.79 Å². The lowest BCUT2D eigenvalue weighted by atomic mass is 9.93. The van der Waals surface area contributed by atoms with Crippen molar-refractivity contribution in [2.24, 2.45) is 0 Å². The van der Waals surface area contributed by atoms with Crippen LogP contribution in [0.1, 0.15) is 36.9 Å². The molecule has 2 aromatic rings. The van der Waals surface area contributed by atoms with Crippen molar-refractivity contribution in [2.75, 3.05) is 12.4 Å². The number of methoxy groups -OCH3 is 1. The minimum absolute atomic E-state index is 0.102. The number of carbonyl (C=O) groups excluding carboxylic acids is 1. The molecule has 0 radical (unpaired) electrons. The van der Waals surface area contributed by atoms with Gasteiger partial charge in [-0.15, -0.1) is 0 Å². The van der Waals surface area contributed by atoms with Crippen LogP contribution in [0, 0.1) is 0 Å². The number of hydrogen-bond acceptors (Lipinski definition) is 5. The quantitative estimate of drug-likeness (QED) is 0.672. The van der Waals surface area contributed by atoms with Crippen molar-refractivity contribution < 1.29 is 14.1 Å². The summed E-state index contributed by atoms with van der Waals surface area (Å²) in [5, 5.41) is 6.84. The average molecular weight is 300 g/mol. The van der Waals surface area contributed by atoms with Crippen LogP contribution in [0.15, 0.2) is 47.1 Å². The first kappa shape index (κ1) is 15.8. The number of rotatable bonds is 5. The van der Waals surface area contributed by atoms with Crippen molar-refractivity contribution in [3.05, 3.63) is 53.9 Å². The molecular formula is C17H20N2O3. The molecule has 0 aliphatic heterocycles. The molecule has 5 heteroatoms. The fourth-order valence-corrected chi connectivity index (χ4v) is 1.75. The molecule has 0 aliphatic carbocycles. The van der Waals surface area contributed by atoms with E-state index in [-0.39, 0.29) is 11.2 Å². The van der Waals surface area contributed by atoms with Crippen LogP contribution in [-0.4, -0.2) is 18.0 Å². The van der Waals surface area contributed by atoms with Crippen LogP contribution in [0.5, 0.6) is 5.75 Å². The van der Waals surface area contributed by atoms with E-state index in [4.69, 9.17) is 9.26 Å². The van der Waals surface area contributed by atoms with Gasteiger partial charge in [-0.2, -0.15) is 0 Å². The highest BCUT2D eigenvalue weighted by Crippen LogP contribution is 2.24. The molecule has 116 valence electrons. The molecule has 0 saturated carbocycles. The number of carbonyl (C=O) groups is 1. The zero-order chi connectivity index (χ0) is 16.2. The molecular weight excluding hydrogens is 280 g/mol. The van der Waals surface area contributed by atoms with Gasteiger partial charge in [0, 0.05) is 29.3 Å². The van der Waals surface area contributed by atoms with Crippen molar-refractivity contribution in [1.82, 2.24) is 5.16 Å². The predicted molar refractivity (Wildman–Crippen MR) is 85.3 cm³/mol. The zero-order valence-corrected chi connectivity index (χ0v) is 13.2. The van der Waals surface area contributed by atoms with Gasteiger partial charge < -0.3 is 14.6 Å². The number of nitrogens with zero attached hydrogens (tertiary/aromatic N) is 1. The summed E-state index contributed by atoms with van der Waals surface area (Å²) in [6.45, 7) is 6.13. The summed E-state index contributed by atoms with van der Waals surface area (Å²) in [6.07, 6.45) is 3.00. The summed E-state index contributed by atoms with van der Waals surface area (Å²) in [4.78, 5) is 12.0. The van der Waals surface area contributed by atoms with E-state index in [1.807, 2.05) is 26.8 Å². The van der Waals surface area contributed by atoms with Gasteiger partial charge in [-0.25, -0.2) is 0 Å². The Morgan fingerprint density at radius 2 is 1.95 bits per heavy atom. The number of anilines is 1. The molecule has 0 fully saturated rings. The van der Waals surface area contributed by atoms with Crippen molar-refractivity contribution in [1.29, 1.82) is 0 Å². The van der Waals surface area contributed by atoms with Gasteiger partial charge in [0.25, 0.3) is 0 Å². The highest BCUT2D eigenvalue weighted by atomic mass is 16.5. The van der Waals surface area contributed by atoms with E-state index >= 15 is 0 Å². The number of ketones is 1. The molecule has 22 heavy (non-hydrogen) atoms. The fourth-order valence-electron chi connectivity index (χ4n) is 1.75. The Labute approximate surface area is 130 Å². The molecule has 0 atom stereocenters. The monoisotopic (exact) mass is 300 g/mol. The lowest BCUT2D eigenvalue weighted by Gasteiger charge is -2.11. The van der Waals surface area contributed by atoms with Crippen LogP contribution in [-0.2, 0) is 5.41 Å². The normalized spacial score (nSPS) is 11.6. The maximum Gasteiger partial charge on any atom is 0.187 e. The Morgan fingerprint density at radius 1 is 1.27 bits per heavy atom. The minimum Gasteiger partial charge on any atom is -0.497 e. The van der Waals surface area contributed by atoms with Crippen LogP contribution in [0.2, 0.25) is 0 Å². The molecule has 0 unspecified atom stereocenters. The Balaban J connectivity index is 1.96. The van der Waals surface area contributed by atoms with Crippen LogP contribution in [0.25, 0.3) is 0 Å². The summed E-state index contributed by atoms with van der Waals surface area (Å²) in [5.41, 5.74) is 0.490. The van der Waals surface area contributed by atoms with E-state index in [0.717, 1.165) is 11.5 Å². The Bertz CT molecular complexity index is 664. The Morgan fingerprint density at radius 3 is 2.50 bits per heavy atom. The van der Waals surface area contributed by atoms with Gasteiger partial charge in [0.05, 0.1) is 7.11 Å². The maximum atomic E-state index is 12.0. The van der Waals surface area contributed by atoms with Crippen LogP contribution in [0.4, 0.5) is 5.82 Å². The first-order chi connectivity index (χ1) is 10.4. The molecule has 5 nitrogen and oxygen atoms in total. The fraction of sp³-hybridized carbons (Fsp3) is 0.294. The number of hydrogen-bond donors (Lipinski definition) is 1. The molecule has 0 spiro atoms. The van der Waals surface area contributed by atoms with Crippen molar-refractivity contribution in [3.63, 3.8) is 0 Å². The molecule has 0 bridgehead atoms. The summed E-state index contributed by atoms with van der Waals surface area (Å²) >= 11 is 0. The largest absolute Gasteiger partial charge is 0.497 e. The summed E-state index contributed by atoms with van der Waals surface area (Å²) in [7, 11) is 1.59. The second-order valence-corrected chi connectivity index (χ2v) is 5.90. The van der Waals surface area contributed by atoms with E-state index in [0.29, 0.717) is 11.4 Å². The third kappa shape index (κ3) is 3.97. The van der Waals surface area contributed by atoms with Crippen molar-refractivity contribution in [3.8, 4) is 5.75 Å². The SMILES string of the molecule is COc1ccc(C(=O)/C=C/Nc2cc(C(C)(C)C)on2)cc1. The standard InChI is InChI=1S/C17H20N2O3/c1-17(2,3)15-11-16(19-22-15)18-10-9-14(20)12-5-7-13(21-4)8-6-12/h5-11H,1-4H3,(H,18,19)/b10-9+. The summed E-state index contributed by atoms with van der Waals surface area (Å²) in [6, 6.07) is 8.77. The van der Waals surface area contributed by atoms with Crippen LogP contribution >= 0.6 is 0 Å². The minimum atomic E-state index is -0.102. The lowest BCUT2D eigenvalue weighted by molar-refractivity contribution is 0.104. The average Bonchev–Trinajstić information content (AvgIpc) is 2.96. The van der Waals surface area contributed by atoms with Gasteiger partial charge >= 0.3 is 0 Å². The second-order valence-electron chi connectivity index (χ2n) is 5.90. The first-order valence-corrected chi connectivity index (χ1v) is 6.99. The van der Waals surface area contributed by atoms with E-state index < -0.39 is 0 Å². The number of nitrogens with one attached hydrogen (secondary N) is 1. The number of ether oxygens (including phenoxy) is 1. The third-order valence-corrected chi connectivity index (χ3v) is 3.09. The molecule has 0 amide bonds. The number of aromatic nitrogens is 1. The number of allylic oxidation sites excluding steroid dienone is 1. The highest BCUT2D eigenvalue weighted by Gasteiger charge is 2.19. The molecule has 1 N–H and O–H groups in total. The molecule has 1 aromatic carbocycles. The predicted octanol–water partition coefficient (Wildman–Crippen LogP) is 3.79. The van der Waals surface area contributed by atoms with Crippen molar-refractivity contribution in [2.45, 2.75) is 26.2 Å². The topological polar surface area (TPSA) is 64.4 Å². The summed E-state index contributed by atoms with van der Waals surface area (Å²) in [5.74, 6) is 1.97. The summed E-state index contributed by atoms with van der Waals surface area (Å²) < 4.78 is 10.3. The first-order valence-electron chi connectivity index (χ1n) is 6.99. The highest BCUT2D eigenvalue weighted by molar-refractivity contribution is 6.04. The smallest absolute Gasteiger partial charge is 0.187 e. The molecule has 1 heterocycles. The van der Waals surface area contributed by atoms with Gasteiger partial charge in [-0.3, -0.25) is 4.79 Å². The van der Waals surface area contributed by atoms with E-state index in [1.54, 1.807) is 37.6 Å². The van der Waals surface area contributed by atoms with E-state index in [2.05, 4.69) is 10.5 Å². The van der Waals surface area contributed by atoms with Gasteiger partial charge in [-0.1, -0.05) is 25.9 Å². The van der Waals surface area contributed by atoms with Crippen LogP contribution in [0.3, 0.4) is 0 Å². The molecule has 2 rings (SSSR count). The Hall–Kier alpha value is -2.56. The van der Waals surface area contributed by atoms with Crippen molar-refractivity contribution >= 4 is 11.6 Å².